The van der Waals surface area contributed by atoms with Crippen LogP contribution in [0, 0.1) is 11.3 Å². The molecule has 18 heavy (non-hydrogen) atoms. The number of hydrogen-bond acceptors (Lipinski definition) is 5. The van der Waals surface area contributed by atoms with E-state index in [9.17, 15) is 13.6 Å². The second-order valence-corrected chi connectivity index (χ2v) is 3.25. The molecular formula is C11H11F2N3O2. The first-order valence-corrected chi connectivity index (χ1v) is 5.14. The maximum Gasteiger partial charge on any atom is 0.340 e. The van der Waals surface area contributed by atoms with Gasteiger partial charge in [0.2, 0.25) is 0 Å². The highest BCUT2D eigenvalue weighted by atomic mass is 19.3. The number of carbonyl (C=O) groups excluding carboxylic acids is 1. The van der Waals surface area contributed by atoms with Gasteiger partial charge in [-0.05, 0) is 6.92 Å². The van der Waals surface area contributed by atoms with Crippen molar-refractivity contribution in [2.45, 2.75) is 19.9 Å². The first kappa shape index (κ1) is 14.0. The molecule has 1 aromatic rings. The first-order chi connectivity index (χ1) is 8.56. The molecule has 96 valence electrons. The van der Waals surface area contributed by atoms with Crippen molar-refractivity contribution >= 4 is 5.97 Å². The third kappa shape index (κ3) is 2.60. The van der Waals surface area contributed by atoms with Crippen LogP contribution in [0.2, 0.25) is 0 Å². The summed E-state index contributed by atoms with van der Waals surface area (Å²) in [5, 5.41) is 8.88. The lowest BCUT2D eigenvalue weighted by molar-refractivity contribution is 0.0524. The number of nitrogens with two attached hydrogens (primary N) is 1. The smallest absolute Gasteiger partial charge is 0.340 e. The number of carbonyl (C=O) groups is 1. The molecule has 0 bridgehead atoms. The molecule has 0 radical (unpaired) electrons. The summed E-state index contributed by atoms with van der Waals surface area (Å²) in [6.07, 6.45) is -1.94. The molecule has 0 unspecified atom stereocenters. The lowest BCUT2D eigenvalue weighted by Gasteiger charge is -2.11. The summed E-state index contributed by atoms with van der Waals surface area (Å²) in [5.74, 6) is -0.734. The minimum atomic E-state index is -2.90. The molecule has 0 amide bonds. The van der Waals surface area contributed by atoms with Crippen molar-refractivity contribution in [2.24, 2.45) is 5.73 Å². The second kappa shape index (κ2) is 6.02. The number of aromatic nitrogens is 1. The Morgan fingerprint density at radius 2 is 2.33 bits per heavy atom. The third-order valence-corrected chi connectivity index (χ3v) is 2.23. The van der Waals surface area contributed by atoms with Crippen LogP contribution in [-0.4, -0.2) is 17.6 Å². The molecule has 1 heterocycles. The zero-order valence-corrected chi connectivity index (χ0v) is 9.61. The largest absolute Gasteiger partial charge is 0.462 e. The van der Waals surface area contributed by atoms with Gasteiger partial charge in [-0.2, -0.15) is 5.26 Å². The van der Waals surface area contributed by atoms with Crippen molar-refractivity contribution in [3.63, 3.8) is 0 Å². The summed E-state index contributed by atoms with van der Waals surface area (Å²) in [5.41, 5.74) is 4.33. The normalized spacial score (nSPS) is 10.2. The zero-order chi connectivity index (χ0) is 13.7. The van der Waals surface area contributed by atoms with E-state index in [0.717, 1.165) is 6.20 Å². The number of pyridine rings is 1. The van der Waals surface area contributed by atoms with E-state index in [0.29, 0.717) is 0 Å². The molecule has 0 aliphatic rings. The minimum absolute atomic E-state index is 0.0289. The van der Waals surface area contributed by atoms with Gasteiger partial charge in [0.25, 0.3) is 6.43 Å². The standard InChI is InChI=1S/C11H11F2N3O2/c1-2-18-11(17)8-5-16-9(10(12)13)7(4-15)6(8)3-14/h5,10H,2-3,14H2,1H3. The minimum Gasteiger partial charge on any atom is -0.462 e. The summed E-state index contributed by atoms with van der Waals surface area (Å²) < 4.78 is 30.0. The Balaban J connectivity index is 3.40. The average molecular weight is 255 g/mol. The molecule has 0 fully saturated rings. The first-order valence-electron chi connectivity index (χ1n) is 5.14. The van der Waals surface area contributed by atoms with Crippen LogP contribution in [0.5, 0.6) is 0 Å². The van der Waals surface area contributed by atoms with Gasteiger partial charge in [0.15, 0.2) is 0 Å². The van der Waals surface area contributed by atoms with Crippen molar-refractivity contribution < 1.29 is 18.3 Å². The highest BCUT2D eigenvalue weighted by Gasteiger charge is 2.23. The molecule has 0 atom stereocenters. The molecule has 1 rings (SSSR count). The van der Waals surface area contributed by atoms with E-state index in [4.69, 9.17) is 15.7 Å². The van der Waals surface area contributed by atoms with Crippen LogP contribution in [0.15, 0.2) is 6.20 Å². The summed E-state index contributed by atoms with van der Waals surface area (Å²) in [6, 6.07) is 1.60. The van der Waals surface area contributed by atoms with Gasteiger partial charge < -0.3 is 10.5 Å². The molecule has 0 saturated heterocycles. The molecule has 1 aromatic heterocycles. The maximum absolute atomic E-state index is 12.6. The molecule has 0 aliphatic heterocycles. The number of hydrogen-bond donors (Lipinski definition) is 1. The lowest BCUT2D eigenvalue weighted by atomic mass is 10.0. The zero-order valence-electron chi connectivity index (χ0n) is 9.61. The molecular weight excluding hydrogens is 244 g/mol. The Hall–Kier alpha value is -2.07. The monoisotopic (exact) mass is 255 g/mol. The van der Waals surface area contributed by atoms with Crippen molar-refractivity contribution in [1.82, 2.24) is 4.98 Å². The average Bonchev–Trinajstić information content (AvgIpc) is 2.36. The van der Waals surface area contributed by atoms with Gasteiger partial charge >= 0.3 is 5.97 Å². The number of halogens is 2. The van der Waals surface area contributed by atoms with Crippen LogP contribution < -0.4 is 5.73 Å². The van der Waals surface area contributed by atoms with E-state index >= 15 is 0 Å². The third-order valence-electron chi connectivity index (χ3n) is 2.23. The van der Waals surface area contributed by atoms with Crippen molar-refractivity contribution in [1.29, 1.82) is 5.26 Å². The quantitative estimate of drug-likeness (QED) is 0.824. The van der Waals surface area contributed by atoms with Gasteiger partial charge in [-0.25, -0.2) is 13.6 Å². The maximum atomic E-state index is 12.6. The highest BCUT2D eigenvalue weighted by molar-refractivity contribution is 5.91. The van der Waals surface area contributed by atoms with E-state index in [1.54, 1.807) is 13.0 Å². The van der Waals surface area contributed by atoms with E-state index < -0.39 is 18.1 Å². The van der Waals surface area contributed by atoms with Gasteiger partial charge in [0, 0.05) is 18.3 Å². The molecule has 0 spiro atoms. The predicted octanol–water partition coefficient (Wildman–Crippen LogP) is 1.53. The number of alkyl halides is 2. The van der Waals surface area contributed by atoms with E-state index in [1.807, 2.05) is 0 Å². The van der Waals surface area contributed by atoms with Gasteiger partial charge in [-0.1, -0.05) is 0 Å². The Bertz CT molecular complexity index is 498. The molecule has 5 nitrogen and oxygen atoms in total. The molecule has 0 saturated carbocycles. The van der Waals surface area contributed by atoms with Gasteiger partial charge in [0.05, 0.1) is 17.7 Å². The van der Waals surface area contributed by atoms with Crippen LogP contribution in [0.1, 0.15) is 40.5 Å². The summed E-state index contributed by atoms with van der Waals surface area (Å²) in [4.78, 5) is 15.0. The molecule has 2 N–H and O–H groups in total. The second-order valence-electron chi connectivity index (χ2n) is 3.25. The van der Waals surface area contributed by atoms with Crippen molar-refractivity contribution in [3.8, 4) is 6.07 Å². The van der Waals surface area contributed by atoms with Gasteiger partial charge in [-0.3, -0.25) is 4.98 Å². The van der Waals surface area contributed by atoms with E-state index in [-0.39, 0.29) is 29.8 Å². The fourth-order valence-electron chi connectivity index (χ4n) is 1.45. The van der Waals surface area contributed by atoms with Crippen LogP contribution in [0.25, 0.3) is 0 Å². The van der Waals surface area contributed by atoms with Crippen LogP contribution >= 0.6 is 0 Å². The Morgan fingerprint density at radius 1 is 1.67 bits per heavy atom. The van der Waals surface area contributed by atoms with Crippen LogP contribution in [0.4, 0.5) is 8.78 Å². The summed E-state index contributed by atoms with van der Waals surface area (Å²) in [6.45, 7) is 1.51. The SMILES string of the molecule is CCOC(=O)c1cnc(C(F)F)c(C#N)c1CN. The van der Waals surface area contributed by atoms with Gasteiger partial charge in [0.1, 0.15) is 11.8 Å². The number of esters is 1. The van der Waals surface area contributed by atoms with E-state index in [2.05, 4.69) is 4.98 Å². The van der Waals surface area contributed by atoms with Crippen molar-refractivity contribution in [3.05, 3.63) is 28.6 Å². The Kier molecular flexibility index (Phi) is 4.68. The highest BCUT2D eigenvalue weighted by Crippen LogP contribution is 2.25. The fraction of sp³-hybridized carbons (Fsp3) is 0.364. The number of nitriles is 1. The van der Waals surface area contributed by atoms with Crippen LogP contribution in [0.3, 0.4) is 0 Å². The summed E-state index contributed by atoms with van der Waals surface area (Å²) in [7, 11) is 0. The summed E-state index contributed by atoms with van der Waals surface area (Å²) >= 11 is 0. The number of ether oxygens (including phenoxy) is 1. The Morgan fingerprint density at radius 3 is 2.78 bits per heavy atom. The Labute approximate surface area is 102 Å². The molecule has 0 aliphatic carbocycles. The van der Waals surface area contributed by atoms with Crippen molar-refractivity contribution in [2.75, 3.05) is 6.61 Å². The van der Waals surface area contributed by atoms with Gasteiger partial charge in [-0.15, -0.1) is 0 Å². The number of rotatable bonds is 4. The van der Waals surface area contributed by atoms with Crippen LogP contribution in [-0.2, 0) is 11.3 Å². The number of nitrogens with zero attached hydrogens (tertiary/aromatic N) is 2. The fourth-order valence-corrected chi connectivity index (χ4v) is 1.45. The van der Waals surface area contributed by atoms with E-state index in [1.165, 1.54) is 0 Å². The topological polar surface area (TPSA) is 89.0 Å². The predicted molar refractivity (Wildman–Crippen MR) is 57.8 cm³/mol. The molecule has 0 aromatic carbocycles. The molecule has 7 heteroatoms. The lowest BCUT2D eigenvalue weighted by Crippen LogP contribution is -2.15.